The Morgan fingerprint density at radius 3 is 2.96 bits per heavy atom. The van der Waals surface area contributed by atoms with Crippen molar-refractivity contribution in [2.24, 2.45) is 5.92 Å². The van der Waals surface area contributed by atoms with Gasteiger partial charge in [0.1, 0.15) is 5.76 Å². The molecule has 1 atom stereocenters. The van der Waals surface area contributed by atoms with Gasteiger partial charge in [0.2, 0.25) is 0 Å². The second-order valence-corrected chi connectivity index (χ2v) is 7.04. The number of hydrogen-bond acceptors (Lipinski definition) is 4. The van der Waals surface area contributed by atoms with Crippen LogP contribution in [-0.2, 0) is 6.42 Å². The molecule has 0 bridgehead atoms. The van der Waals surface area contributed by atoms with Crippen LogP contribution in [0.25, 0.3) is 10.9 Å². The van der Waals surface area contributed by atoms with Crippen LogP contribution in [0.5, 0.6) is 0 Å². The average molecular weight is 349 g/mol. The maximum Gasteiger partial charge on any atom is 0.276 e. The van der Waals surface area contributed by atoms with Gasteiger partial charge in [-0.15, -0.1) is 0 Å². The lowest BCUT2D eigenvalue weighted by Crippen LogP contribution is -2.32. The average Bonchev–Trinajstić information content (AvgIpc) is 2.95. The number of benzene rings is 1. The number of likely N-dealkylation sites (tertiary alicyclic amines) is 1. The van der Waals surface area contributed by atoms with Gasteiger partial charge >= 0.3 is 0 Å². The first-order chi connectivity index (χ1) is 12.7. The van der Waals surface area contributed by atoms with Crippen LogP contribution in [0.1, 0.15) is 41.1 Å². The lowest BCUT2D eigenvalue weighted by atomic mass is 9.91. The van der Waals surface area contributed by atoms with Crippen LogP contribution >= 0.6 is 0 Å². The van der Waals surface area contributed by atoms with E-state index < -0.39 is 0 Å². The summed E-state index contributed by atoms with van der Waals surface area (Å²) in [4.78, 5) is 23.1. The number of nitrogens with zero attached hydrogens (tertiary/aromatic N) is 3. The first-order valence-electron chi connectivity index (χ1n) is 9.24. The predicted molar refractivity (Wildman–Crippen MR) is 99.9 cm³/mol. The van der Waals surface area contributed by atoms with Gasteiger partial charge in [-0.1, -0.05) is 18.2 Å². The molecular formula is C21H23N3O2. The van der Waals surface area contributed by atoms with Gasteiger partial charge in [0, 0.05) is 24.7 Å². The number of amides is 1. The van der Waals surface area contributed by atoms with E-state index in [2.05, 4.69) is 34.2 Å². The minimum Gasteiger partial charge on any atom is -0.448 e. The zero-order chi connectivity index (χ0) is 17.9. The molecule has 4 rings (SSSR count). The van der Waals surface area contributed by atoms with Crippen molar-refractivity contribution in [3.8, 4) is 0 Å². The van der Waals surface area contributed by atoms with Gasteiger partial charge in [0.25, 0.3) is 5.91 Å². The van der Waals surface area contributed by atoms with E-state index in [4.69, 9.17) is 4.42 Å². The molecule has 0 N–H and O–H groups in total. The van der Waals surface area contributed by atoms with Crippen molar-refractivity contribution in [3.63, 3.8) is 0 Å². The van der Waals surface area contributed by atoms with E-state index in [0.29, 0.717) is 17.4 Å². The highest BCUT2D eigenvalue weighted by molar-refractivity contribution is 5.93. The van der Waals surface area contributed by atoms with Gasteiger partial charge in [-0.2, -0.15) is 0 Å². The molecule has 1 aliphatic rings. The van der Waals surface area contributed by atoms with Crippen molar-refractivity contribution in [2.45, 2.75) is 32.6 Å². The first kappa shape index (κ1) is 16.8. The number of pyridine rings is 1. The molecule has 5 nitrogen and oxygen atoms in total. The highest BCUT2D eigenvalue weighted by Gasteiger charge is 2.25. The molecule has 1 saturated heterocycles. The fourth-order valence-electron chi connectivity index (χ4n) is 3.89. The van der Waals surface area contributed by atoms with Crippen LogP contribution in [-0.4, -0.2) is 33.9 Å². The van der Waals surface area contributed by atoms with E-state index in [1.54, 1.807) is 6.92 Å². The normalized spacial score (nSPS) is 18.0. The Bertz CT molecular complexity index is 913. The largest absolute Gasteiger partial charge is 0.448 e. The number of oxazole rings is 1. The lowest BCUT2D eigenvalue weighted by Gasteiger charge is -2.20. The Kier molecular flexibility index (Phi) is 4.69. The second kappa shape index (κ2) is 7.28. The van der Waals surface area contributed by atoms with Crippen molar-refractivity contribution in [2.75, 3.05) is 13.1 Å². The van der Waals surface area contributed by atoms with E-state index >= 15 is 0 Å². The Morgan fingerprint density at radius 2 is 2.12 bits per heavy atom. The summed E-state index contributed by atoms with van der Waals surface area (Å²) in [6, 6.07) is 10.5. The molecular weight excluding hydrogens is 326 g/mol. The summed E-state index contributed by atoms with van der Waals surface area (Å²) >= 11 is 0. The van der Waals surface area contributed by atoms with Crippen LogP contribution in [0.4, 0.5) is 0 Å². The highest BCUT2D eigenvalue weighted by atomic mass is 16.3. The predicted octanol–water partition coefficient (Wildman–Crippen LogP) is 4.02. The zero-order valence-electron chi connectivity index (χ0n) is 15.0. The van der Waals surface area contributed by atoms with E-state index in [9.17, 15) is 4.79 Å². The molecule has 1 amide bonds. The maximum atomic E-state index is 12.7. The summed E-state index contributed by atoms with van der Waals surface area (Å²) in [5.74, 6) is 1.17. The lowest BCUT2D eigenvalue weighted by molar-refractivity contribution is 0.0753. The summed E-state index contributed by atoms with van der Waals surface area (Å²) in [5.41, 5.74) is 2.85. The fraction of sp³-hybridized carbons (Fsp3) is 0.381. The number of carbonyl (C=O) groups excluding carboxylic acids is 1. The van der Waals surface area contributed by atoms with Crippen molar-refractivity contribution in [1.82, 2.24) is 14.9 Å². The fourth-order valence-corrected chi connectivity index (χ4v) is 3.89. The molecule has 2 aromatic heterocycles. The van der Waals surface area contributed by atoms with Crippen LogP contribution in [0.15, 0.2) is 47.3 Å². The molecule has 1 fully saturated rings. The van der Waals surface area contributed by atoms with Crippen molar-refractivity contribution < 1.29 is 9.21 Å². The molecule has 1 unspecified atom stereocenters. The topological polar surface area (TPSA) is 59.2 Å². The summed E-state index contributed by atoms with van der Waals surface area (Å²) in [6.45, 7) is 3.35. The smallest absolute Gasteiger partial charge is 0.276 e. The Labute approximate surface area is 153 Å². The minimum atomic E-state index is -0.00809. The van der Waals surface area contributed by atoms with Gasteiger partial charge in [0.05, 0.1) is 5.52 Å². The number of aromatic nitrogens is 2. The van der Waals surface area contributed by atoms with Gasteiger partial charge in [-0.05, 0) is 56.2 Å². The molecule has 0 aliphatic carbocycles. The molecule has 5 heteroatoms. The van der Waals surface area contributed by atoms with Crippen LogP contribution < -0.4 is 0 Å². The van der Waals surface area contributed by atoms with Gasteiger partial charge in [-0.3, -0.25) is 9.78 Å². The highest BCUT2D eigenvalue weighted by Crippen LogP contribution is 2.26. The number of fused-ring (bicyclic) bond motifs is 1. The third kappa shape index (κ3) is 3.34. The number of hydrogen-bond donors (Lipinski definition) is 0. The molecule has 0 radical (unpaired) electrons. The zero-order valence-corrected chi connectivity index (χ0v) is 15.0. The van der Waals surface area contributed by atoms with Gasteiger partial charge in [-0.25, -0.2) is 4.98 Å². The van der Waals surface area contributed by atoms with Gasteiger partial charge in [0.15, 0.2) is 12.1 Å². The summed E-state index contributed by atoms with van der Waals surface area (Å²) in [7, 11) is 0. The van der Waals surface area contributed by atoms with Crippen LogP contribution in [0.3, 0.4) is 0 Å². The molecule has 134 valence electrons. The molecule has 1 aromatic carbocycles. The SMILES string of the molecule is Cc1ocnc1C(=O)N1CCCC(Cc2cccc3ncccc23)CC1. The Balaban J connectivity index is 1.45. The molecule has 26 heavy (non-hydrogen) atoms. The quantitative estimate of drug-likeness (QED) is 0.717. The Morgan fingerprint density at radius 1 is 1.19 bits per heavy atom. The number of rotatable bonds is 3. The molecule has 0 spiro atoms. The van der Waals surface area contributed by atoms with Crippen LogP contribution in [0.2, 0.25) is 0 Å². The molecule has 3 aromatic rings. The van der Waals surface area contributed by atoms with E-state index in [1.807, 2.05) is 17.2 Å². The first-order valence-corrected chi connectivity index (χ1v) is 9.24. The summed E-state index contributed by atoms with van der Waals surface area (Å²) in [5, 5.41) is 1.24. The van der Waals surface area contributed by atoms with Crippen molar-refractivity contribution >= 4 is 16.8 Å². The maximum absolute atomic E-state index is 12.7. The standard InChI is InChI=1S/C21H23N3O2/c1-15-20(23-14-26-15)21(25)24-11-4-5-16(9-12-24)13-17-6-2-8-19-18(17)7-3-10-22-19/h2-3,6-8,10,14,16H,4-5,9,11-13H2,1H3. The summed E-state index contributed by atoms with van der Waals surface area (Å²) in [6.07, 6.45) is 7.40. The monoisotopic (exact) mass is 349 g/mol. The third-order valence-corrected chi connectivity index (χ3v) is 5.33. The number of aryl methyl sites for hydroxylation is 1. The molecule has 3 heterocycles. The van der Waals surface area contributed by atoms with E-state index in [0.717, 1.165) is 44.3 Å². The third-order valence-electron chi connectivity index (χ3n) is 5.33. The molecule has 1 aliphatic heterocycles. The van der Waals surface area contributed by atoms with Crippen molar-refractivity contribution in [3.05, 3.63) is 59.9 Å². The van der Waals surface area contributed by atoms with E-state index in [-0.39, 0.29) is 5.91 Å². The molecule has 0 saturated carbocycles. The number of carbonyl (C=O) groups is 1. The van der Waals surface area contributed by atoms with Crippen LogP contribution in [0, 0.1) is 12.8 Å². The minimum absolute atomic E-state index is 0.00809. The summed E-state index contributed by atoms with van der Waals surface area (Å²) < 4.78 is 5.18. The van der Waals surface area contributed by atoms with E-state index in [1.165, 1.54) is 17.3 Å². The second-order valence-electron chi connectivity index (χ2n) is 7.04. The van der Waals surface area contributed by atoms with Gasteiger partial charge < -0.3 is 9.32 Å². The Hall–Kier alpha value is -2.69. The van der Waals surface area contributed by atoms with Crippen molar-refractivity contribution in [1.29, 1.82) is 0 Å².